The molecule has 146 valence electrons. The smallest absolute Gasteiger partial charge is 0.324 e. The maximum absolute atomic E-state index is 13.0. The summed E-state index contributed by atoms with van der Waals surface area (Å²) in [6, 6.07) is 12.8. The van der Waals surface area contributed by atoms with Gasteiger partial charge in [-0.2, -0.15) is 0 Å². The van der Waals surface area contributed by atoms with Crippen LogP contribution in [0.5, 0.6) is 0 Å². The molecule has 0 aromatic heterocycles. The van der Waals surface area contributed by atoms with Crippen LogP contribution in [0.3, 0.4) is 0 Å². The zero-order valence-corrected chi connectivity index (χ0v) is 16.8. The number of nitrogens with zero attached hydrogens (tertiary/aromatic N) is 2. The molecule has 1 aliphatic carbocycles. The zero-order chi connectivity index (χ0) is 19.7. The lowest BCUT2D eigenvalue weighted by atomic mass is 10.1. The fourth-order valence-corrected chi connectivity index (χ4v) is 3.69. The molecule has 0 spiro atoms. The van der Waals surface area contributed by atoms with Crippen molar-refractivity contribution in [3.05, 3.63) is 58.1 Å². The monoisotopic (exact) mass is 417 g/mol. The predicted molar refractivity (Wildman–Crippen MR) is 112 cm³/mol. The number of carbonyl (C=O) groups excluding carboxylic acids is 2. The highest BCUT2D eigenvalue weighted by Crippen LogP contribution is 2.31. The third-order valence-electron chi connectivity index (χ3n) is 5.04. The Morgan fingerprint density at radius 3 is 2.64 bits per heavy atom. The van der Waals surface area contributed by atoms with Crippen molar-refractivity contribution in [3.63, 3.8) is 0 Å². The maximum atomic E-state index is 13.0. The molecule has 1 aliphatic heterocycles. The Morgan fingerprint density at radius 2 is 1.89 bits per heavy atom. The third-order valence-corrected chi connectivity index (χ3v) is 5.78. The lowest BCUT2D eigenvalue weighted by Gasteiger charge is -2.36. The molecule has 7 heteroatoms. The van der Waals surface area contributed by atoms with Gasteiger partial charge in [0.2, 0.25) is 5.91 Å². The molecule has 2 aromatic rings. The van der Waals surface area contributed by atoms with E-state index in [2.05, 4.69) is 5.32 Å². The topological polar surface area (TPSA) is 52.7 Å². The molecule has 28 heavy (non-hydrogen) atoms. The van der Waals surface area contributed by atoms with E-state index in [9.17, 15) is 9.59 Å². The molecule has 1 heterocycles. The number of rotatable bonds is 5. The summed E-state index contributed by atoms with van der Waals surface area (Å²) in [5.74, 6) is 0.199. The van der Waals surface area contributed by atoms with Gasteiger partial charge in [-0.1, -0.05) is 35.3 Å². The first-order valence-electron chi connectivity index (χ1n) is 9.42. The average Bonchev–Trinajstić information content (AvgIpc) is 3.52. The summed E-state index contributed by atoms with van der Waals surface area (Å²) in [6.07, 6.45) is 2.78. The number of hydrogen-bond acceptors (Lipinski definition) is 2. The van der Waals surface area contributed by atoms with Crippen LogP contribution in [0.1, 0.15) is 24.8 Å². The van der Waals surface area contributed by atoms with E-state index in [0.29, 0.717) is 29.7 Å². The molecular formula is C21H21Cl2N3O2. The molecule has 1 saturated carbocycles. The highest BCUT2D eigenvalue weighted by molar-refractivity contribution is 6.42. The minimum absolute atomic E-state index is 0.0528. The fourth-order valence-electron chi connectivity index (χ4n) is 3.37. The van der Waals surface area contributed by atoms with E-state index < -0.39 is 0 Å². The zero-order valence-electron chi connectivity index (χ0n) is 15.3. The van der Waals surface area contributed by atoms with Gasteiger partial charge in [-0.3, -0.25) is 9.69 Å². The first-order chi connectivity index (χ1) is 13.5. The molecule has 1 N–H and O–H groups in total. The summed E-state index contributed by atoms with van der Waals surface area (Å²) in [6.45, 7) is 1.81. The van der Waals surface area contributed by atoms with Crippen LogP contribution in [0.4, 0.5) is 16.2 Å². The summed E-state index contributed by atoms with van der Waals surface area (Å²) in [4.78, 5) is 28.6. The fraction of sp³-hybridized carbons (Fsp3) is 0.333. The van der Waals surface area contributed by atoms with Gasteiger partial charge < -0.3 is 10.2 Å². The molecule has 0 radical (unpaired) electrons. The number of nitrogens with one attached hydrogen (secondary N) is 1. The Kier molecular flexibility index (Phi) is 5.47. The molecule has 0 unspecified atom stereocenters. The van der Waals surface area contributed by atoms with Crippen molar-refractivity contribution in [2.75, 3.05) is 23.3 Å². The SMILES string of the molecule is O=C(Nc1cccc(N2CCCN(Cc3ccc(Cl)c(Cl)c3)C2=O)c1)C1CC1. The summed E-state index contributed by atoms with van der Waals surface area (Å²) < 4.78 is 0. The van der Waals surface area contributed by atoms with Crippen molar-refractivity contribution in [3.8, 4) is 0 Å². The van der Waals surface area contributed by atoms with E-state index in [1.165, 1.54) is 0 Å². The van der Waals surface area contributed by atoms with E-state index >= 15 is 0 Å². The number of carbonyl (C=O) groups is 2. The number of benzene rings is 2. The van der Waals surface area contributed by atoms with Gasteiger partial charge in [0.1, 0.15) is 0 Å². The molecule has 2 aromatic carbocycles. The van der Waals surface area contributed by atoms with Crippen LogP contribution < -0.4 is 10.2 Å². The number of anilines is 2. The Hall–Kier alpha value is -2.24. The summed E-state index contributed by atoms with van der Waals surface area (Å²) in [7, 11) is 0. The van der Waals surface area contributed by atoms with Gasteiger partial charge in [-0.05, 0) is 55.2 Å². The minimum atomic E-state index is -0.0528. The van der Waals surface area contributed by atoms with E-state index in [1.54, 1.807) is 21.9 Å². The number of hydrogen-bond donors (Lipinski definition) is 1. The quantitative estimate of drug-likeness (QED) is 0.728. The van der Waals surface area contributed by atoms with Gasteiger partial charge in [0.15, 0.2) is 0 Å². The predicted octanol–water partition coefficient (Wildman–Crippen LogP) is 5.17. The van der Waals surface area contributed by atoms with Gasteiger partial charge in [-0.25, -0.2) is 4.79 Å². The molecule has 0 bridgehead atoms. The Morgan fingerprint density at radius 1 is 1.07 bits per heavy atom. The van der Waals surface area contributed by atoms with Crippen LogP contribution in [0.25, 0.3) is 0 Å². The van der Waals surface area contributed by atoms with Crippen LogP contribution in [0.15, 0.2) is 42.5 Å². The number of urea groups is 1. The van der Waals surface area contributed by atoms with Gasteiger partial charge in [0, 0.05) is 36.9 Å². The first-order valence-corrected chi connectivity index (χ1v) is 10.2. The molecular weight excluding hydrogens is 397 g/mol. The van der Waals surface area contributed by atoms with Gasteiger partial charge in [0.25, 0.3) is 0 Å². The van der Waals surface area contributed by atoms with Gasteiger partial charge in [0.05, 0.1) is 10.0 Å². The number of amides is 3. The van der Waals surface area contributed by atoms with Crippen LogP contribution in [-0.2, 0) is 11.3 Å². The summed E-state index contributed by atoms with van der Waals surface area (Å²) in [5, 5.41) is 3.93. The van der Waals surface area contributed by atoms with Crippen molar-refractivity contribution in [1.29, 1.82) is 0 Å². The van der Waals surface area contributed by atoms with E-state index in [0.717, 1.165) is 36.2 Å². The van der Waals surface area contributed by atoms with E-state index in [1.807, 2.05) is 30.3 Å². The largest absolute Gasteiger partial charge is 0.326 e. The Balaban J connectivity index is 1.48. The van der Waals surface area contributed by atoms with Crippen LogP contribution >= 0.6 is 23.2 Å². The van der Waals surface area contributed by atoms with Crippen molar-refractivity contribution in [1.82, 2.24) is 4.90 Å². The minimum Gasteiger partial charge on any atom is -0.326 e. The molecule has 5 nitrogen and oxygen atoms in total. The van der Waals surface area contributed by atoms with Crippen LogP contribution in [0, 0.1) is 5.92 Å². The summed E-state index contributed by atoms with van der Waals surface area (Å²) in [5.41, 5.74) is 2.45. The molecule has 0 atom stereocenters. The normalized spacial score (nSPS) is 17.0. The van der Waals surface area contributed by atoms with Gasteiger partial charge in [-0.15, -0.1) is 0 Å². The second-order valence-electron chi connectivity index (χ2n) is 7.27. The van der Waals surface area contributed by atoms with Crippen molar-refractivity contribution in [2.24, 2.45) is 5.92 Å². The average molecular weight is 418 g/mol. The lowest BCUT2D eigenvalue weighted by Crippen LogP contribution is -2.49. The van der Waals surface area contributed by atoms with Crippen molar-refractivity contribution >= 4 is 46.5 Å². The Bertz CT molecular complexity index is 914. The van der Waals surface area contributed by atoms with Crippen LogP contribution in [0.2, 0.25) is 10.0 Å². The van der Waals surface area contributed by atoms with Crippen LogP contribution in [-0.4, -0.2) is 29.9 Å². The highest BCUT2D eigenvalue weighted by atomic mass is 35.5. The molecule has 2 fully saturated rings. The summed E-state index contributed by atoms with van der Waals surface area (Å²) >= 11 is 12.1. The number of halogens is 2. The molecule has 3 amide bonds. The Labute approximate surface area is 174 Å². The lowest BCUT2D eigenvalue weighted by molar-refractivity contribution is -0.117. The van der Waals surface area contributed by atoms with Gasteiger partial charge >= 0.3 is 6.03 Å². The molecule has 2 aliphatic rings. The molecule has 1 saturated heterocycles. The van der Waals surface area contributed by atoms with Crippen molar-refractivity contribution in [2.45, 2.75) is 25.8 Å². The second kappa shape index (κ2) is 8.02. The highest BCUT2D eigenvalue weighted by Gasteiger charge is 2.30. The third kappa shape index (κ3) is 4.26. The van der Waals surface area contributed by atoms with E-state index in [-0.39, 0.29) is 17.9 Å². The maximum Gasteiger partial charge on any atom is 0.324 e. The first kappa shape index (κ1) is 19.1. The van der Waals surface area contributed by atoms with E-state index in [4.69, 9.17) is 23.2 Å². The standard InChI is InChI=1S/C21H21Cl2N3O2/c22-18-8-5-14(11-19(18)23)13-25-9-2-10-26(21(25)28)17-4-1-3-16(12-17)24-20(27)15-6-7-15/h1,3-5,8,11-12,15H,2,6-7,9-10,13H2,(H,24,27). The molecule has 4 rings (SSSR count). The second-order valence-corrected chi connectivity index (χ2v) is 8.09. The van der Waals surface area contributed by atoms with Crippen molar-refractivity contribution < 1.29 is 9.59 Å².